The summed E-state index contributed by atoms with van der Waals surface area (Å²) < 4.78 is 0. The molecule has 1 fully saturated rings. The predicted molar refractivity (Wildman–Crippen MR) is 62.4 cm³/mol. The lowest BCUT2D eigenvalue weighted by atomic mass is 9.94. The van der Waals surface area contributed by atoms with Crippen LogP contribution in [0.3, 0.4) is 0 Å². The van der Waals surface area contributed by atoms with Gasteiger partial charge in [0.15, 0.2) is 0 Å². The topological polar surface area (TPSA) is 12.0 Å². The van der Waals surface area contributed by atoms with Crippen molar-refractivity contribution in [2.45, 2.75) is 45.6 Å². The first-order valence-electron chi connectivity index (χ1n) is 5.69. The fraction of sp³-hybridized carbons (Fsp3) is 1.00. The maximum Gasteiger partial charge on any atom is 0.0103 e. The minimum absolute atomic E-state index is 0.806. The Morgan fingerprint density at radius 2 is 2.31 bits per heavy atom. The number of rotatable bonds is 6. The zero-order valence-corrected chi connectivity index (χ0v) is 9.83. The summed E-state index contributed by atoms with van der Waals surface area (Å²) in [6.07, 6.45) is 5.54. The zero-order chi connectivity index (χ0) is 9.52. The van der Waals surface area contributed by atoms with Crippen LogP contribution in [0.25, 0.3) is 0 Å². The second-order valence-electron chi connectivity index (χ2n) is 3.93. The van der Waals surface area contributed by atoms with Gasteiger partial charge in [-0.05, 0) is 36.8 Å². The summed E-state index contributed by atoms with van der Waals surface area (Å²) in [4.78, 5) is 0. The van der Waals surface area contributed by atoms with Gasteiger partial charge in [0.2, 0.25) is 0 Å². The van der Waals surface area contributed by atoms with Gasteiger partial charge in [-0.2, -0.15) is 11.8 Å². The van der Waals surface area contributed by atoms with E-state index in [9.17, 15) is 0 Å². The van der Waals surface area contributed by atoms with Crippen LogP contribution in [-0.2, 0) is 0 Å². The quantitative estimate of drug-likeness (QED) is 0.709. The van der Waals surface area contributed by atoms with Gasteiger partial charge < -0.3 is 5.32 Å². The largest absolute Gasteiger partial charge is 0.314 e. The van der Waals surface area contributed by atoms with Gasteiger partial charge in [0, 0.05) is 6.04 Å². The highest BCUT2D eigenvalue weighted by molar-refractivity contribution is 7.99. The van der Waals surface area contributed by atoms with Crippen molar-refractivity contribution in [3.05, 3.63) is 0 Å². The van der Waals surface area contributed by atoms with E-state index in [2.05, 4.69) is 30.9 Å². The third-order valence-electron chi connectivity index (χ3n) is 2.87. The van der Waals surface area contributed by atoms with Crippen LogP contribution in [0.2, 0.25) is 0 Å². The van der Waals surface area contributed by atoms with Crippen molar-refractivity contribution in [1.82, 2.24) is 5.32 Å². The van der Waals surface area contributed by atoms with E-state index >= 15 is 0 Å². The monoisotopic (exact) mass is 201 g/mol. The van der Waals surface area contributed by atoms with Crippen molar-refractivity contribution < 1.29 is 0 Å². The normalized spacial score (nSPS) is 24.9. The van der Waals surface area contributed by atoms with E-state index in [1.165, 1.54) is 37.2 Å². The Hall–Kier alpha value is 0.310. The molecule has 0 saturated carbocycles. The number of hydrogen-bond acceptors (Lipinski definition) is 2. The summed E-state index contributed by atoms with van der Waals surface area (Å²) in [6.45, 7) is 5.64. The molecule has 0 aromatic heterocycles. The molecule has 13 heavy (non-hydrogen) atoms. The zero-order valence-electron chi connectivity index (χ0n) is 9.01. The van der Waals surface area contributed by atoms with Crippen molar-refractivity contribution in [2.75, 3.05) is 18.1 Å². The molecule has 1 heterocycles. The van der Waals surface area contributed by atoms with Gasteiger partial charge >= 0.3 is 0 Å². The number of thioether (sulfide) groups is 1. The maximum atomic E-state index is 3.65. The van der Waals surface area contributed by atoms with E-state index in [0.717, 1.165) is 18.5 Å². The summed E-state index contributed by atoms with van der Waals surface area (Å²) in [5, 5.41) is 3.65. The van der Waals surface area contributed by atoms with E-state index in [1.54, 1.807) is 0 Å². The Kier molecular flexibility index (Phi) is 5.88. The molecule has 2 atom stereocenters. The molecule has 2 heteroatoms. The summed E-state index contributed by atoms with van der Waals surface area (Å²) in [5.74, 6) is 3.73. The molecule has 1 nitrogen and oxygen atoms in total. The van der Waals surface area contributed by atoms with Crippen molar-refractivity contribution in [1.29, 1.82) is 0 Å². The molecule has 1 saturated heterocycles. The molecule has 0 aromatic rings. The van der Waals surface area contributed by atoms with Crippen LogP contribution >= 0.6 is 11.8 Å². The lowest BCUT2D eigenvalue weighted by Gasteiger charge is -2.23. The molecule has 0 radical (unpaired) electrons. The lowest BCUT2D eigenvalue weighted by molar-refractivity contribution is 0.360. The Labute approximate surface area is 87.1 Å². The van der Waals surface area contributed by atoms with E-state index in [1.807, 2.05) is 0 Å². The molecule has 0 bridgehead atoms. The third kappa shape index (κ3) is 3.90. The Morgan fingerprint density at radius 3 is 2.85 bits per heavy atom. The van der Waals surface area contributed by atoms with Gasteiger partial charge in [0.25, 0.3) is 0 Å². The molecule has 0 amide bonds. The van der Waals surface area contributed by atoms with Crippen LogP contribution in [0.4, 0.5) is 0 Å². The van der Waals surface area contributed by atoms with Gasteiger partial charge in [0.05, 0.1) is 0 Å². The molecule has 0 aromatic carbocycles. The second kappa shape index (κ2) is 6.72. The van der Waals surface area contributed by atoms with Crippen molar-refractivity contribution in [3.63, 3.8) is 0 Å². The summed E-state index contributed by atoms with van der Waals surface area (Å²) in [6, 6.07) is 0.806. The molecule has 2 unspecified atom stereocenters. The van der Waals surface area contributed by atoms with Gasteiger partial charge in [0.1, 0.15) is 0 Å². The molecule has 1 aliphatic rings. The smallest absolute Gasteiger partial charge is 0.0103 e. The van der Waals surface area contributed by atoms with Crippen molar-refractivity contribution >= 4 is 11.8 Å². The third-order valence-corrected chi connectivity index (χ3v) is 4.06. The fourth-order valence-corrected chi connectivity index (χ4v) is 3.40. The van der Waals surface area contributed by atoms with Crippen LogP contribution in [-0.4, -0.2) is 24.1 Å². The number of nitrogens with one attached hydrogen (secondary N) is 1. The summed E-state index contributed by atoms with van der Waals surface area (Å²) in [7, 11) is 0. The van der Waals surface area contributed by atoms with E-state index in [-0.39, 0.29) is 0 Å². The van der Waals surface area contributed by atoms with Crippen LogP contribution in [0.15, 0.2) is 0 Å². The molecule has 1 aliphatic heterocycles. The minimum atomic E-state index is 0.806. The lowest BCUT2D eigenvalue weighted by Crippen LogP contribution is -2.36. The highest BCUT2D eigenvalue weighted by Gasteiger charge is 2.23. The van der Waals surface area contributed by atoms with E-state index in [4.69, 9.17) is 0 Å². The number of unbranched alkanes of at least 4 members (excludes halogenated alkanes) is 1. The van der Waals surface area contributed by atoms with Gasteiger partial charge in [-0.3, -0.25) is 0 Å². The highest BCUT2D eigenvalue weighted by Crippen LogP contribution is 2.28. The Bertz CT molecular complexity index is 121. The van der Waals surface area contributed by atoms with Gasteiger partial charge in [-0.15, -0.1) is 0 Å². The van der Waals surface area contributed by atoms with E-state index < -0.39 is 0 Å². The molecule has 1 N–H and O–H groups in total. The van der Waals surface area contributed by atoms with Crippen molar-refractivity contribution in [3.8, 4) is 0 Å². The average Bonchev–Trinajstić information content (AvgIpc) is 2.65. The van der Waals surface area contributed by atoms with Crippen LogP contribution < -0.4 is 5.32 Å². The van der Waals surface area contributed by atoms with Crippen LogP contribution in [0.1, 0.15) is 39.5 Å². The molecular weight excluding hydrogens is 178 g/mol. The molecule has 0 aliphatic carbocycles. The van der Waals surface area contributed by atoms with Crippen molar-refractivity contribution in [2.24, 2.45) is 5.92 Å². The first kappa shape index (κ1) is 11.4. The average molecular weight is 201 g/mol. The van der Waals surface area contributed by atoms with Gasteiger partial charge in [-0.1, -0.05) is 26.7 Å². The Balaban J connectivity index is 2.26. The summed E-state index contributed by atoms with van der Waals surface area (Å²) in [5.41, 5.74) is 0. The van der Waals surface area contributed by atoms with Crippen LogP contribution in [0, 0.1) is 5.92 Å². The minimum Gasteiger partial charge on any atom is -0.314 e. The van der Waals surface area contributed by atoms with E-state index in [0.29, 0.717) is 0 Å². The molecule has 0 spiro atoms. The summed E-state index contributed by atoms with van der Waals surface area (Å²) >= 11 is 2.13. The SMILES string of the molecule is CCCCC(NCC)C1CCSC1. The predicted octanol–water partition coefficient (Wildman–Crippen LogP) is 2.91. The Morgan fingerprint density at radius 1 is 1.46 bits per heavy atom. The fourth-order valence-electron chi connectivity index (χ4n) is 2.06. The second-order valence-corrected chi connectivity index (χ2v) is 5.08. The maximum absolute atomic E-state index is 3.65. The molecular formula is C11H23NS. The standard InChI is InChI=1S/C11H23NS/c1-3-5-6-11(12-4-2)10-7-8-13-9-10/h10-12H,3-9H2,1-2H3. The molecule has 78 valence electrons. The highest BCUT2D eigenvalue weighted by atomic mass is 32.2. The first-order chi connectivity index (χ1) is 6.38. The first-order valence-corrected chi connectivity index (χ1v) is 6.85. The van der Waals surface area contributed by atoms with Crippen LogP contribution in [0.5, 0.6) is 0 Å². The number of hydrogen-bond donors (Lipinski definition) is 1. The van der Waals surface area contributed by atoms with Gasteiger partial charge in [-0.25, -0.2) is 0 Å². The molecule has 1 rings (SSSR count).